The average Bonchev–Trinajstić information content (AvgIpc) is 2.56. The van der Waals surface area contributed by atoms with Gasteiger partial charge in [-0.1, -0.05) is 6.92 Å². The van der Waals surface area contributed by atoms with Crippen molar-refractivity contribution in [1.82, 2.24) is 0 Å². The molecule has 6 heteroatoms. The zero-order valence-corrected chi connectivity index (χ0v) is 13.4. The zero-order valence-electron chi connectivity index (χ0n) is 13.4. The highest BCUT2D eigenvalue weighted by molar-refractivity contribution is 6.20. The van der Waals surface area contributed by atoms with Gasteiger partial charge in [-0.05, 0) is 23.8 Å². The normalized spacial score (nSPS) is 10.9. The Morgan fingerprint density at radius 2 is 1.55 bits per heavy atom. The van der Waals surface area contributed by atoms with Crippen LogP contribution in [0.15, 0.2) is 17.7 Å². The van der Waals surface area contributed by atoms with Crippen molar-refractivity contribution < 1.29 is 28.5 Å². The molecule has 0 aliphatic heterocycles. The molecule has 120 valence electrons. The summed E-state index contributed by atoms with van der Waals surface area (Å²) in [4.78, 5) is 23.6. The van der Waals surface area contributed by atoms with Crippen molar-refractivity contribution in [2.24, 2.45) is 0 Å². The van der Waals surface area contributed by atoms with Gasteiger partial charge in [-0.25, -0.2) is 4.79 Å². The molecule has 0 saturated carbocycles. The number of methoxy groups -OCH3 is 4. The maximum absolute atomic E-state index is 11.9. The van der Waals surface area contributed by atoms with E-state index in [1.54, 1.807) is 19.1 Å². The number of carbonyl (C=O) groups is 2. The van der Waals surface area contributed by atoms with Gasteiger partial charge in [0.1, 0.15) is 5.57 Å². The summed E-state index contributed by atoms with van der Waals surface area (Å²) in [6.45, 7) is 1.67. The molecule has 0 unspecified atom stereocenters. The molecule has 6 nitrogen and oxygen atoms in total. The molecule has 0 spiro atoms. The van der Waals surface area contributed by atoms with Gasteiger partial charge < -0.3 is 18.9 Å². The van der Waals surface area contributed by atoms with Crippen molar-refractivity contribution in [2.45, 2.75) is 13.3 Å². The maximum Gasteiger partial charge on any atom is 0.341 e. The largest absolute Gasteiger partial charge is 0.493 e. The van der Waals surface area contributed by atoms with Gasteiger partial charge in [-0.2, -0.15) is 0 Å². The number of hydrogen-bond donors (Lipinski definition) is 0. The van der Waals surface area contributed by atoms with E-state index in [1.807, 2.05) is 0 Å². The third kappa shape index (κ3) is 3.78. The van der Waals surface area contributed by atoms with Crippen LogP contribution in [0, 0.1) is 0 Å². The van der Waals surface area contributed by atoms with E-state index in [2.05, 4.69) is 4.74 Å². The Labute approximate surface area is 129 Å². The smallest absolute Gasteiger partial charge is 0.341 e. The summed E-state index contributed by atoms with van der Waals surface area (Å²) < 4.78 is 20.4. The Hall–Kier alpha value is -2.50. The van der Waals surface area contributed by atoms with Gasteiger partial charge in [0, 0.05) is 6.42 Å². The topological polar surface area (TPSA) is 71.1 Å². The van der Waals surface area contributed by atoms with Crippen LogP contribution in [0.4, 0.5) is 0 Å². The molecule has 0 atom stereocenters. The number of ether oxygens (including phenoxy) is 4. The molecule has 1 aromatic carbocycles. The number of esters is 1. The van der Waals surface area contributed by atoms with E-state index >= 15 is 0 Å². The minimum atomic E-state index is -0.680. The lowest BCUT2D eigenvalue weighted by molar-refractivity contribution is -0.137. The first kappa shape index (κ1) is 17.6. The SMILES string of the molecule is CCC(=O)/C(=C\c1cc(OC)c(OC)c(OC)c1)C(=O)OC. The van der Waals surface area contributed by atoms with Crippen molar-refractivity contribution in [3.8, 4) is 17.2 Å². The van der Waals surface area contributed by atoms with E-state index in [4.69, 9.17) is 14.2 Å². The molecule has 0 amide bonds. The van der Waals surface area contributed by atoms with Crippen LogP contribution in [0.3, 0.4) is 0 Å². The van der Waals surface area contributed by atoms with Gasteiger partial charge in [0.05, 0.1) is 28.4 Å². The van der Waals surface area contributed by atoms with Gasteiger partial charge in [0.25, 0.3) is 0 Å². The lowest BCUT2D eigenvalue weighted by Gasteiger charge is -2.13. The highest BCUT2D eigenvalue weighted by Gasteiger charge is 2.19. The summed E-state index contributed by atoms with van der Waals surface area (Å²) in [6, 6.07) is 3.29. The molecule has 0 aliphatic rings. The van der Waals surface area contributed by atoms with Crippen LogP contribution in [0.5, 0.6) is 17.2 Å². The Morgan fingerprint density at radius 1 is 1.00 bits per heavy atom. The molecule has 0 aromatic heterocycles. The highest BCUT2D eigenvalue weighted by Crippen LogP contribution is 2.38. The minimum Gasteiger partial charge on any atom is -0.493 e. The molecule has 0 saturated heterocycles. The van der Waals surface area contributed by atoms with Gasteiger partial charge in [0.15, 0.2) is 17.3 Å². The summed E-state index contributed by atoms with van der Waals surface area (Å²) in [5.41, 5.74) is 0.538. The fourth-order valence-corrected chi connectivity index (χ4v) is 1.91. The maximum atomic E-state index is 11.9. The van der Waals surface area contributed by atoms with E-state index in [9.17, 15) is 9.59 Å². The minimum absolute atomic E-state index is 0.0285. The number of rotatable bonds is 7. The Morgan fingerprint density at radius 3 is 1.91 bits per heavy atom. The molecule has 0 N–H and O–H groups in total. The van der Waals surface area contributed by atoms with E-state index in [0.29, 0.717) is 22.8 Å². The predicted octanol–water partition coefficient (Wildman–Crippen LogP) is 2.25. The monoisotopic (exact) mass is 308 g/mol. The van der Waals surface area contributed by atoms with E-state index in [1.165, 1.54) is 34.5 Å². The highest BCUT2D eigenvalue weighted by atomic mass is 16.5. The first-order chi connectivity index (χ1) is 10.5. The lowest BCUT2D eigenvalue weighted by Crippen LogP contribution is -2.13. The molecular formula is C16H20O6. The summed E-state index contributed by atoms with van der Waals surface area (Å²) >= 11 is 0. The number of hydrogen-bond acceptors (Lipinski definition) is 6. The van der Waals surface area contributed by atoms with Gasteiger partial charge in [-0.3, -0.25) is 4.79 Å². The summed E-state index contributed by atoms with van der Waals surface area (Å²) in [5, 5.41) is 0. The number of carbonyl (C=O) groups excluding carboxylic acids is 2. The second-order valence-corrected chi connectivity index (χ2v) is 4.28. The van der Waals surface area contributed by atoms with E-state index in [0.717, 1.165) is 0 Å². The van der Waals surface area contributed by atoms with Crippen molar-refractivity contribution in [3.63, 3.8) is 0 Å². The Bertz CT molecular complexity index is 545. The second-order valence-electron chi connectivity index (χ2n) is 4.28. The van der Waals surface area contributed by atoms with Crippen molar-refractivity contribution >= 4 is 17.8 Å². The predicted molar refractivity (Wildman–Crippen MR) is 81.4 cm³/mol. The van der Waals surface area contributed by atoms with E-state index < -0.39 is 5.97 Å². The second kappa shape index (κ2) is 8.07. The van der Waals surface area contributed by atoms with Crippen LogP contribution >= 0.6 is 0 Å². The Kier molecular flexibility index (Phi) is 6.44. The van der Waals surface area contributed by atoms with Crippen LogP contribution in [0.1, 0.15) is 18.9 Å². The number of Topliss-reactive ketones (excluding diaryl/α,β-unsaturated/α-hetero) is 1. The fraction of sp³-hybridized carbons (Fsp3) is 0.375. The molecule has 0 heterocycles. The number of ketones is 1. The molecule has 22 heavy (non-hydrogen) atoms. The molecule has 0 fully saturated rings. The summed E-state index contributed by atoms with van der Waals surface area (Å²) in [5.74, 6) is 0.312. The van der Waals surface area contributed by atoms with Crippen LogP contribution in [-0.2, 0) is 14.3 Å². The Balaban J connectivity index is 3.43. The standard InChI is InChI=1S/C16H20O6/c1-6-12(17)11(16(18)22-5)7-10-8-13(19-2)15(21-4)14(9-10)20-3/h7-9H,6H2,1-5H3/b11-7+. The molecule has 0 bridgehead atoms. The quantitative estimate of drug-likeness (QED) is 0.333. The van der Waals surface area contributed by atoms with Crippen LogP contribution in [-0.4, -0.2) is 40.2 Å². The van der Waals surface area contributed by atoms with E-state index in [-0.39, 0.29) is 17.8 Å². The van der Waals surface area contributed by atoms with Gasteiger partial charge in [-0.15, -0.1) is 0 Å². The third-order valence-electron chi connectivity index (χ3n) is 3.02. The molecular weight excluding hydrogens is 288 g/mol. The fourth-order valence-electron chi connectivity index (χ4n) is 1.91. The van der Waals surface area contributed by atoms with Crippen LogP contribution in [0.25, 0.3) is 6.08 Å². The lowest BCUT2D eigenvalue weighted by atomic mass is 10.0. The van der Waals surface area contributed by atoms with Gasteiger partial charge >= 0.3 is 5.97 Å². The third-order valence-corrected chi connectivity index (χ3v) is 3.02. The van der Waals surface area contributed by atoms with Gasteiger partial charge in [0.2, 0.25) is 5.75 Å². The molecule has 1 rings (SSSR count). The first-order valence-electron chi connectivity index (χ1n) is 6.65. The van der Waals surface area contributed by atoms with Crippen LogP contribution < -0.4 is 14.2 Å². The zero-order chi connectivity index (χ0) is 16.7. The van der Waals surface area contributed by atoms with Crippen molar-refractivity contribution in [2.75, 3.05) is 28.4 Å². The summed E-state index contributed by atoms with van der Waals surface area (Å²) in [6.07, 6.45) is 1.65. The van der Waals surface area contributed by atoms with Crippen molar-refractivity contribution in [3.05, 3.63) is 23.3 Å². The van der Waals surface area contributed by atoms with Crippen molar-refractivity contribution in [1.29, 1.82) is 0 Å². The van der Waals surface area contributed by atoms with Crippen LogP contribution in [0.2, 0.25) is 0 Å². The average molecular weight is 308 g/mol. The summed E-state index contributed by atoms with van der Waals surface area (Å²) in [7, 11) is 5.71. The first-order valence-corrected chi connectivity index (χ1v) is 6.65. The molecule has 1 aromatic rings. The molecule has 0 radical (unpaired) electrons. The number of benzene rings is 1. The molecule has 0 aliphatic carbocycles.